The van der Waals surface area contributed by atoms with Crippen molar-refractivity contribution >= 4 is 5.91 Å². The number of hydrogen-bond acceptors (Lipinski definition) is 3. The summed E-state index contributed by atoms with van der Waals surface area (Å²) in [5.41, 5.74) is 0. The second-order valence-corrected chi connectivity index (χ2v) is 4.12. The zero-order chi connectivity index (χ0) is 12.5. The van der Waals surface area contributed by atoms with E-state index in [-0.39, 0.29) is 11.9 Å². The summed E-state index contributed by atoms with van der Waals surface area (Å²) in [4.78, 5) is 15.5. The first kappa shape index (κ1) is 13.7. The van der Waals surface area contributed by atoms with Gasteiger partial charge in [0.25, 0.3) is 0 Å². The quantitative estimate of drug-likeness (QED) is 0.658. The monoisotopic (exact) mass is 238 g/mol. The van der Waals surface area contributed by atoms with Gasteiger partial charge in [0.05, 0.1) is 12.4 Å². The smallest absolute Gasteiger partial charge is 0.236 e. The molecule has 1 atom stereocenters. The predicted molar refractivity (Wildman–Crippen MR) is 67.6 cm³/mol. The molecule has 2 N–H and O–H groups in total. The van der Waals surface area contributed by atoms with Crippen LogP contribution in [-0.2, 0) is 11.3 Å². The normalized spacial score (nSPS) is 12.4. The minimum absolute atomic E-state index is 0.0782. The van der Waals surface area contributed by atoms with Crippen molar-refractivity contribution < 1.29 is 4.79 Å². The highest BCUT2D eigenvalue weighted by Crippen LogP contribution is 1.90. The number of amides is 1. The van der Waals surface area contributed by atoms with Crippen molar-refractivity contribution in [2.45, 2.75) is 39.3 Å². The zero-order valence-corrected chi connectivity index (χ0v) is 10.6. The Kier molecular flexibility index (Phi) is 6.32. The molecule has 1 rings (SSSR count). The molecule has 0 fully saturated rings. The van der Waals surface area contributed by atoms with Crippen LogP contribution in [0.3, 0.4) is 0 Å². The van der Waals surface area contributed by atoms with E-state index in [2.05, 4.69) is 15.6 Å². The van der Waals surface area contributed by atoms with Crippen LogP contribution >= 0.6 is 0 Å². The highest BCUT2D eigenvalue weighted by atomic mass is 16.2. The van der Waals surface area contributed by atoms with Gasteiger partial charge in [-0.2, -0.15) is 0 Å². The maximum Gasteiger partial charge on any atom is 0.236 e. The summed E-state index contributed by atoms with van der Waals surface area (Å²) in [5.74, 6) is 0.0782. The minimum Gasteiger partial charge on any atom is -0.355 e. The van der Waals surface area contributed by atoms with Crippen LogP contribution in [0.25, 0.3) is 0 Å². The fourth-order valence-electron chi connectivity index (χ4n) is 1.49. The topological polar surface area (TPSA) is 59.0 Å². The number of nitrogens with one attached hydrogen (secondary N) is 2. The fourth-order valence-corrected chi connectivity index (χ4v) is 1.49. The summed E-state index contributed by atoms with van der Waals surface area (Å²) in [6.45, 7) is 6.45. The van der Waals surface area contributed by atoms with Gasteiger partial charge < -0.3 is 15.2 Å². The van der Waals surface area contributed by atoms with Gasteiger partial charge in [-0.15, -0.1) is 0 Å². The van der Waals surface area contributed by atoms with E-state index in [4.69, 9.17) is 0 Å². The van der Waals surface area contributed by atoms with E-state index in [1.54, 1.807) is 12.5 Å². The average Bonchev–Trinajstić information content (AvgIpc) is 2.84. The number of imidazole rings is 1. The Morgan fingerprint density at radius 1 is 1.47 bits per heavy atom. The first-order valence-corrected chi connectivity index (χ1v) is 6.21. The lowest BCUT2D eigenvalue weighted by atomic mass is 10.3. The Morgan fingerprint density at radius 2 is 2.29 bits per heavy atom. The van der Waals surface area contributed by atoms with Crippen LogP contribution < -0.4 is 10.6 Å². The van der Waals surface area contributed by atoms with E-state index in [9.17, 15) is 4.79 Å². The SMILES string of the molecule is CCCNC(=O)C(C)NCCCn1ccnc1. The standard InChI is InChI=1S/C12H22N4O/c1-3-5-15-12(17)11(2)14-6-4-8-16-9-7-13-10-16/h7,9-11,14H,3-6,8H2,1-2H3,(H,15,17). The van der Waals surface area contributed by atoms with Gasteiger partial charge in [0.2, 0.25) is 5.91 Å². The van der Waals surface area contributed by atoms with Crippen molar-refractivity contribution in [2.24, 2.45) is 0 Å². The molecule has 1 aromatic heterocycles. The van der Waals surface area contributed by atoms with Gasteiger partial charge in [-0.1, -0.05) is 6.92 Å². The molecular weight excluding hydrogens is 216 g/mol. The van der Waals surface area contributed by atoms with E-state index in [0.29, 0.717) is 0 Å². The molecule has 1 amide bonds. The molecule has 0 aliphatic rings. The van der Waals surface area contributed by atoms with Crippen molar-refractivity contribution in [1.29, 1.82) is 0 Å². The summed E-state index contributed by atoms with van der Waals surface area (Å²) in [7, 11) is 0. The molecule has 0 aromatic carbocycles. The van der Waals surface area contributed by atoms with Crippen molar-refractivity contribution in [2.75, 3.05) is 13.1 Å². The predicted octanol–water partition coefficient (Wildman–Crippen LogP) is 0.777. The molecule has 1 unspecified atom stereocenters. The molecule has 96 valence electrons. The molecule has 0 saturated heterocycles. The van der Waals surface area contributed by atoms with Gasteiger partial charge in [0.15, 0.2) is 0 Å². The van der Waals surface area contributed by atoms with Crippen LogP contribution in [0.1, 0.15) is 26.7 Å². The summed E-state index contributed by atoms with van der Waals surface area (Å²) < 4.78 is 2.03. The lowest BCUT2D eigenvalue weighted by Gasteiger charge is -2.13. The molecule has 17 heavy (non-hydrogen) atoms. The second-order valence-electron chi connectivity index (χ2n) is 4.12. The molecule has 0 bridgehead atoms. The van der Waals surface area contributed by atoms with Gasteiger partial charge in [-0.3, -0.25) is 4.79 Å². The number of nitrogens with zero attached hydrogens (tertiary/aromatic N) is 2. The Bertz CT molecular complexity index is 310. The van der Waals surface area contributed by atoms with Gasteiger partial charge in [-0.05, 0) is 26.3 Å². The maximum atomic E-state index is 11.5. The summed E-state index contributed by atoms with van der Waals surface area (Å²) in [6.07, 6.45) is 7.48. The third kappa shape index (κ3) is 5.49. The van der Waals surface area contributed by atoms with Crippen molar-refractivity contribution in [3.63, 3.8) is 0 Å². The molecule has 5 heteroatoms. The summed E-state index contributed by atoms with van der Waals surface area (Å²) >= 11 is 0. The number of rotatable bonds is 8. The van der Waals surface area contributed by atoms with Crippen LogP contribution in [0.15, 0.2) is 18.7 Å². The number of aromatic nitrogens is 2. The lowest BCUT2D eigenvalue weighted by Crippen LogP contribution is -2.42. The average molecular weight is 238 g/mol. The number of aryl methyl sites for hydroxylation is 1. The largest absolute Gasteiger partial charge is 0.355 e. The van der Waals surface area contributed by atoms with E-state index in [1.807, 2.05) is 24.6 Å². The molecule has 0 aliphatic carbocycles. The first-order valence-electron chi connectivity index (χ1n) is 6.21. The third-order valence-corrected chi connectivity index (χ3v) is 2.55. The van der Waals surface area contributed by atoms with E-state index in [1.165, 1.54) is 0 Å². The molecule has 0 spiro atoms. The molecule has 0 saturated carbocycles. The van der Waals surface area contributed by atoms with Gasteiger partial charge in [0, 0.05) is 25.5 Å². The Balaban J connectivity index is 2.07. The van der Waals surface area contributed by atoms with Crippen LogP contribution in [0.2, 0.25) is 0 Å². The summed E-state index contributed by atoms with van der Waals surface area (Å²) in [6, 6.07) is -0.121. The third-order valence-electron chi connectivity index (χ3n) is 2.55. The van der Waals surface area contributed by atoms with Gasteiger partial charge in [0.1, 0.15) is 0 Å². The molecule has 0 radical (unpaired) electrons. The Morgan fingerprint density at radius 3 is 2.94 bits per heavy atom. The number of hydrogen-bond donors (Lipinski definition) is 2. The number of carbonyl (C=O) groups is 1. The van der Waals surface area contributed by atoms with Crippen LogP contribution in [0, 0.1) is 0 Å². The van der Waals surface area contributed by atoms with Crippen LogP contribution in [0.5, 0.6) is 0 Å². The highest BCUT2D eigenvalue weighted by Gasteiger charge is 2.09. The number of carbonyl (C=O) groups excluding carboxylic acids is 1. The van der Waals surface area contributed by atoms with Crippen molar-refractivity contribution in [3.05, 3.63) is 18.7 Å². The van der Waals surface area contributed by atoms with Crippen LogP contribution in [-0.4, -0.2) is 34.6 Å². The molecule has 1 heterocycles. The summed E-state index contributed by atoms with van der Waals surface area (Å²) in [5, 5.41) is 6.08. The molecule has 1 aromatic rings. The van der Waals surface area contributed by atoms with Gasteiger partial charge in [-0.25, -0.2) is 4.98 Å². The molecule has 0 aliphatic heterocycles. The molecular formula is C12H22N4O. The Hall–Kier alpha value is -1.36. The van der Waals surface area contributed by atoms with E-state index in [0.717, 1.165) is 32.5 Å². The lowest BCUT2D eigenvalue weighted by molar-refractivity contribution is -0.122. The van der Waals surface area contributed by atoms with E-state index < -0.39 is 0 Å². The van der Waals surface area contributed by atoms with Gasteiger partial charge >= 0.3 is 0 Å². The first-order chi connectivity index (χ1) is 8.24. The van der Waals surface area contributed by atoms with Crippen molar-refractivity contribution in [3.8, 4) is 0 Å². The second kappa shape index (κ2) is 7.84. The Labute approximate surface area is 103 Å². The van der Waals surface area contributed by atoms with E-state index >= 15 is 0 Å². The zero-order valence-electron chi connectivity index (χ0n) is 10.6. The van der Waals surface area contributed by atoms with Crippen LogP contribution in [0.4, 0.5) is 0 Å². The van der Waals surface area contributed by atoms with Crippen molar-refractivity contribution in [1.82, 2.24) is 20.2 Å². The minimum atomic E-state index is -0.121. The highest BCUT2D eigenvalue weighted by molar-refractivity contribution is 5.81. The maximum absolute atomic E-state index is 11.5. The molecule has 5 nitrogen and oxygen atoms in total. The fraction of sp³-hybridized carbons (Fsp3) is 0.667.